The van der Waals surface area contributed by atoms with Gasteiger partial charge in [0.1, 0.15) is 11.6 Å². The minimum Gasteiger partial charge on any atom is -0.449 e. The van der Waals surface area contributed by atoms with E-state index in [-0.39, 0.29) is 5.56 Å². The Morgan fingerprint density at radius 1 is 0.960 bits per heavy atom. The summed E-state index contributed by atoms with van der Waals surface area (Å²) in [6, 6.07) is 6.20. The second-order valence-corrected chi connectivity index (χ2v) is 5.97. The van der Waals surface area contributed by atoms with Crippen molar-refractivity contribution in [3.05, 3.63) is 64.2 Å². The van der Waals surface area contributed by atoms with E-state index in [4.69, 9.17) is 4.74 Å². The molecule has 0 aromatic heterocycles. The third-order valence-electron chi connectivity index (χ3n) is 3.68. The molecule has 0 aliphatic carbocycles. The summed E-state index contributed by atoms with van der Waals surface area (Å²) in [7, 11) is 0. The minimum absolute atomic E-state index is 0.292. The predicted molar refractivity (Wildman–Crippen MR) is 90.5 cm³/mol. The zero-order chi connectivity index (χ0) is 18.7. The van der Waals surface area contributed by atoms with Gasteiger partial charge in [0.2, 0.25) is 0 Å². The molecular formula is C19H19F2NO3. The van der Waals surface area contributed by atoms with Gasteiger partial charge < -0.3 is 10.1 Å². The molecule has 0 aliphatic heterocycles. The summed E-state index contributed by atoms with van der Waals surface area (Å²) in [5, 5.41) is 2.72. The van der Waals surface area contributed by atoms with Gasteiger partial charge in [0.15, 0.2) is 6.10 Å². The van der Waals surface area contributed by atoms with Gasteiger partial charge in [-0.15, -0.1) is 0 Å². The van der Waals surface area contributed by atoms with Crippen molar-refractivity contribution in [2.24, 2.45) is 0 Å². The highest BCUT2D eigenvalue weighted by atomic mass is 19.1. The van der Waals surface area contributed by atoms with Crippen LogP contribution in [0.2, 0.25) is 0 Å². The first-order valence-corrected chi connectivity index (χ1v) is 7.73. The van der Waals surface area contributed by atoms with Crippen LogP contribution in [0.25, 0.3) is 0 Å². The number of nitrogens with one attached hydrogen (secondary N) is 1. The monoisotopic (exact) mass is 347 g/mol. The van der Waals surface area contributed by atoms with E-state index in [0.29, 0.717) is 11.8 Å². The van der Waals surface area contributed by atoms with Gasteiger partial charge in [0.05, 0.1) is 5.56 Å². The van der Waals surface area contributed by atoms with Crippen LogP contribution in [-0.2, 0) is 9.53 Å². The average molecular weight is 347 g/mol. The number of hydrogen-bond donors (Lipinski definition) is 1. The van der Waals surface area contributed by atoms with Gasteiger partial charge in [-0.3, -0.25) is 4.79 Å². The van der Waals surface area contributed by atoms with Gasteiger partial charge >= 0.3 is 5.97 Å². The highest BCUT2D eigenvalue weighted by Gasteiger charge is 2.21. The number of hydrogen-bond acceptors (Lipinski definition) is 3. The molecule has 0 saturated heterocycles. The first-order chi connectivity index (χ1) is 11.7. The van der Waals surface area contributed by atoms with E-state index in [1.807, 2.05) is 32.9 Å². The Morgan fingerprint density at radius 3 is 2.00 bits per heavy atom. The molecule has 2 aromatic carbocycles. The van der Waals surface area contributed by atoms with E-state index in [1.165, 1.54) is 6.92 Å². The molecule has 0 bridgehead atoms. The van der Waals surface area contributed by atoms with E-state index in [9.17, 15) is 18.4 Å². The molecule has 0 fully saturated rings. The molecule has 1 amide bonds. The summed E-state index contributed by atoms with van der Waals surface area (Å²) in [5.74, 6) is -3.29. The molecule has 4 nitrogen and oxygen atoms in total. The van der Waals surface area contributed by atoms with Crippen LogP contribution in [-0.4, -0.2) is 18.0 Å². The number of ether oxygens (including phenoxy) is 1. The fourth-order valence-electron chi connectivity index (χ4n) is 2.56. The smallest absolute Gasteiger partial charge is 0.339 e. The Morgan fingerprint density at radius 2 is 1.48 bits per heavy atom. The van der Waals surface area contributed by atoms with E-state index < -0.39 is 29.6 Å². The predicted octanol–water partition coefficient (Wildman–Crippen LogP) is 4.07. The maximum atomic E-state index is 13.2. The summed E-state index contributed by atoms with van der Waals surface area (Å²) >= 11 is 0. The largest absolute Gasteiger partial charge is 0.449 e. The first-order valence-electron chi connectivity index (χ1n) is 7.73. The second kappa shape index (κ2) is 7.42. The lowest BCUT2D eigenvalue weighted by atomic mass is 10.0. The van der Waals surface area contributed by atoms with Crippen molar-refractivity contribution in [1.29, 1.82) is 0 Å². The van der Waals surface area contributed by atoms with Crippen molar-refractivity contribution in [1.82, 2.24) is 0 Å². The van der Waals surface area contributed by atoms with Crippen molar-refractivity contribution in [3.8, 4) is 0 Å². The number of carbonyl (C=O) groups excluding carboxylic acids is 2. The Labute approximate surface area is 144 Å². The van der Waals surface area contributed by atoms with E-state index >= 15 is 0 Å². The van der Waals surface area contributed by atoms with Crippen molar-refractivity contribution in [2.45, 2.75) is 33.8 Å². The summed E-state index contributed by atoms with van der Waals surface area (Å²) in [6.45, 7) is 7.07. The van der Waals surface area contributed by atoms with Crippen molar-refractivity contribution < 1.29 is 23.1 Å². The number of rotatable bonds is 4. The second-order valence-electron chi connectivity index (χ2n) is 5.97. The Bertz CT molecular complexity index is 790. The van der Waals surface area contributed by atoms with Crippen LogP contribution < -0.4 is 5.32 Å². The fraction of sp³-hybridized carbons (Fsp3) is 0.263. The van der Waals surface area contributed by atoms with E-state index in [1.54, 1.807) is 0 Å². The molecule has 0 heterocycles. The maximum absolute atomic E-state index is 13.2. The minimum atomic E-state index is -1.13. The molecule has 2 aromatic rings. The molecule has 0 spiro atoms. The van der Waals surface area contributed by atoms with Gasteiger partial charge in [0.25, 0.3) is 5.91 Å². The Kier molecular flexibility index (Phi) is 5.51. The molecule has 2 rings (SSSR count). The van der Waals surface area contributed by atoms with Crippen LogP contribution in [0.1, 0.15) is 34.0 Å². The lowest BCUT2D eigenvalue weighted by Gasteiger charge is -2.17. The highest BCUT2D eigenvalue weighted by molar-refractivity contribution is 5.98. The number of aryl methyl sites for hydroxylation is 3. The van der Waals surface area contributed by atoms with Crippen molar-refractivity contribution in [2.75, 3.05) is 5.32 Å². The highest BCUT2D eigenvalue weighted by Crippen LogP contribution is 2.22. The molecule has 1 N–H and O–H groups in total. The molecule has 0 unspecified atom stereocenters. The molecule has 132 valence electrons. The zero-order valence-corrected chi connectivity index (χ0v) is 14.4. The summed E-state index contributed by atoms with van der Waals surface area (Å²) < 4.78 is 31.3. The zero-order valence-electron chi connectivity index (χ0n) is 14.4. The van der Waals surface area contributed by atoms with E-state index in [0.717, 1.165) is 28.8 Å². The quantitative estimate of drug-likeness (QED) is 0.848. The fourth-order valence-corrected chi connectivity index (χ4v) is 2.56. The Balaban J connectivity index is 2.09. The van der Waals surface area contributed by atoms with Crippen molar-refractivity contribution in [3.63, 3.8) is 0 Å². The van der Waals surface area contributed by atoms with Crippen molar-refractivity contribution >= 4 is 17.6 Å². The average Bonchev–Trinajstić information content (AvgIpc) is 2.49. The number of carbonyl (C=O) groups is 2. The van der Waals surface area contributed by atoms with Gasteiger partial charge in [-0.2, -0.15) is 0 Å². The van der Waals surface area contributed by atoms with Gasteiger partial charge in [-0.25, -0.2) is 13.6 Å². The van der Waals surface area contributed by atoms with Gasteiger partial charge in [0, 0.05) is 11.8 Å². The number of amides is 1. The third-order valence-corrected chi connectivity index (χ3v) is 3.68. The number of anilines is 1. The molecule has 0 saturated carbocycles. The van der Waals surface area contributed by atoms with Gasteiger partial charge in [-0.1, -0.05) is 17.7 Å². The van der Waals surface area contributed by atoms with Gasteiger partial charge in [-0.05, 0) is 51.0 Å². The molecule has 0 aliphatic rings. The van der Waals surface area contributed by atoms with Crippen LogP contribution in [0, 0.1) is 32.4 Å². The van der Waals surface area contributed by atoms with Crippen LogP contribution in [0.3, 0.4) is 0 Å². The third kappa shape index (κ3) is 4.62. The molecule has 25 heavy (non-hydrogen) atoms. The van der Waals surface area contributed by atoms with Crippen LogP contribution in [0.4, 0.5) is 14.5 Å². The maximum Gasteiger partial charge on any atom is 0.339 e. The van der Waals surface area contributed by atoms with Crippen LogP contribution in [0.15, 0.2) is 30.3 Å². The topological polar surface area (TPSA) is 55.4 Å². The SMILES string of the molecule is Cc1cc(C)c(NC(=O)[C@H](C)OC(=O)c2cc(F)cc(F)c2)c(C)c1. The number of benzene rings is 2. The van der Waals surface area contributed by atoms with Crippen LogP contribution >= 0.6 is 0 Å². The lowest BCUT2D eigenvalue weighted by Crippen LogP contribution is -2.30. The normalized spacial score (nSPS) is 11.8. The summed E-state index contributed by atoms with van der Waals surface area (Å²) in [4.78, 5) is 24.2. The standard InChI is InChI=1S/C19H19F2NO3/c1-10-5-11(2)17(12(3)6-10)22-18(23)13(4)25-19(24)14-7-15(20)9-16(21)8-14/h5-9,13H,1-4H3,(H,22,23)/t13-/m0/s1. The molecule has 6 heteroatoms. The summed E-state index contributed by atoms with van der Waals surface area (Å²) in [5.41, 5.74) is 3.20. The molecular weight excluding hydrogens is 328 g/mol. The molecule has 1 atom stereocenters. The summed E-state index contributed by atoms with van der Waals surface area (Å²) in [6.07, 6.45) is -1.13. The first kappa shape index (κ1) is 18.6. The molecule has 0 radical (unpaired) electrons. The van der Waals surface area contributed by atoms with Crippen LogP contribution in [0.5, 0.6) is 0 Å². The number of esters is 1. The lowest BCUT2D eigenvalue weighted by molar-refractivity contribution is -0.123. The Hall–Kier alpha value is -2.76. The van der Waals surface area contributed by atoms with E-state index in [2.05, 4.69) is 5.32 Å². The number of halogens is 2.